The predicted molar refractivity (Wildman–Crippen MR) is 79.0 cm³/mol. The monoisotopic (exact) mass is 289 g/mol. The lowest BCUT2D eigenvalue weighted by molar-refractivity contribution is 0.0307. The Morgan fingerprint density at radius 3 is 3.10 bits per heavy atom. The van der Waals surface area contributed by atoms with E-state index in [1.807, 2.05) is 11.9 Å². The average molecular weight is 289 g/mol. The number of hydrogen-bond donors (Lipinski definition) is 2. The highest BCUT2D eigenvalue weighted by molar-refractivity contribution is 6.01. The van der Waals surface area contributed by atoms with Gasteiger partial charge in [-0.1, -0.05) is 24.7 Å². The Morgan fingerprint density at radius 1 is 1.52 bits per heavy atom. The second-order valence-electron chi connectivity index (χ2n) is 4.43. The molecule has 0 saturated heterocycles. The Labute approximate surface area is 123 Å². The number of aliphatic imine (C=N–C) groups is 1. The van der Waals surface area contributed by atoms with Gasteiger partial charge in [0.25, 0.3) is 5.91 Å². The molecule has 7 nitrogen and oxygen atoms in total. The molecular weight excluding hydrogens is 270 g/mol. The van der Waals surface area contributed by atoms with Gasteiger partial charge < -0.3 is 4.84 Å². The lowest BCUT2D eigenvalue weighted by Crippen LogP contribution is -2.48. The maximum absolute atomic E-state index is 11.9. The summed E-state index contributed by atoms with van der Waals surface area (Å²) < 4.78 is 0. The van der Waals surface area contributed by atoms with E-state index in [0.717, 1.165) is 19.5 Å². The lowest BCUT2D eigenvalue weighted by Gasteiger charge is -2.23. The standard InChI is InChI=1S/C14H19N5O2/c1-2-13(16-14(20)12-7-6-8-15-11-12)21-18-17-19-9-4-3-5-10-19/h3-4,6-8,11,17-18H,2,5,9-10H2,1H3. The molecule has 7 heteroatoms. The van der Waals surface area contributed by atoms with Crippen LogP contribution in [-0.2, 0) is 4.84 Å². The van der Waals surface area contributed by atoms with Crippen molar-refractivity contribution in [2.24, 2.45) is 4.99 Å². The summed E-state index contributed by atoms with van der Waals surface area (Å²) in [6, 6.07) is 3.36. The Morgan fingerprint density at radius 2 is 2.43 bits per heavy atom. The van der Waals surface area contributed by atoms with Crippen molar-refractivity contribution in [3.63, 3.8) is 0 Å². The number of hydrogen-bond acceptors (Lipinski definition) is 6. The van der Waals surface area contributed by atoms with Crippen LogP contribution in [0.4, 0.5) is 0 Å². The first-order valence-electron chi connectivity index (χ1n) is 6.89. The summed E-state index contributed by atoms with van der Waals surface area (Å²) in [5.41, 5.74) is 5.94. The highest BCUT2D eigenvalue weighted by Gasteiger charge is 2.08. The highest BCUT2D eigenvalue weighted by atomic mass is 16.7. The van der Waals surface area contributed by atoms with E-state index < -0.39 is 0 Å². The van der Waals surface area contributed by atoms with Crippen molar-refractivity contribution in [1.29, 1.82) is 0 Å². The van der Waals surface area contributed by atoms with Crippen molar-refractivity contribution >= 4 is 11.8 Å². The molecule has 0 spiro atoms. The van der Waals surface area contributed by atoms with Crippen molar-refractivity contribution in [3.8, 4) is 0 Å². The molecule has 0 fully saturated rings. The normalized spacial score (nSPS) is 16.0. The summed E-state index contributed by atoms with van der Waals surface area (Å²) in [6.07, 6.45) is 8.77. The average Bonchev–Trinajstić information content (AvgIpc) is 2.55. The minimum Gasteiger partial charge on any atom is -0.377 e. The van der Waals surface area contributed by atoms with Gasteiger partial charge >= 0.3 is 0 Å². The van der Waals surface area contributed by atoms with Gasteiger partial charge in [-0.25, -0.2) is 5.01 Å². The van der Waals surface area contributed by atoms with Crippen molar-refractivity contribution in [3.05, 3.63) is 42.2 Å². The topological polar surface area (TPSA) is 78.8 Å². The van der Waals surface area contributed by atoms with Crippen molar-refractivity contribution in [1.82, 2.24) is 21.1 Å². The van der Waals surface area contributed by atoms with Gasteiger partial charge in [0.15, 0.2) is 0 Å². The molecule has 0 radical (unpaired) electrons. The number of aromatic nitrogens is 1. The Balaban J connectivity index is 1.83. The Hall–Kier alpha value is -2.09. The fourth-order valence-corrected chi connectivity index (χ4v) is 1.73. The Bertz CT molecular complexity index is 515. The molecule has 0 saturated carbocycles. The van der Waals surface area contributed by atoms with Crippen LogP contribution in [0, 0.1) is 0 Å². The second kappa shape index (κ2) is 8.25. The van der Waals surface area contributed by atoms with Gasteiger partial charge in [-0.05, 0) is 18.6 Å². The summed E-state index contributed by atoms with van der Waals surface area (Å²) in [6.45, 7) is 3.55. The van der Waals surface area contributed by atoms with Crippen molar-refractivity contribution in [2.45, 2.75) is 19.8 Å². The number of pyridine rings is 1. The van der Waals surface area contributed by atoms with E-state index in [4.69, 9.17) is 4.84 Å². The summed E-state index contributed by atoms with van der Waals surface area (Å²) in [4.78, 5) is 25.0. The SMILES string of the molecule is CCC(=NC(=O)c1cccnc1)ONNN1CC=CCC1. The van der Waals surface area contributed by atoms with E-state index in [9.17, 15) is 4.79 Å². The van der Waals surface area contributed by atoms with Crippen LogP contribution in [0.3, 0.4) is 0 Å². The van der Waals surface area contributed by atoms with Gasteiger partial charge in [-0.2, -0.15) is 10.5 Å². The molecule has 1 amide bonds. The first-order chi connectivity index (χ1) is 10.3. The minimum atomic E-state index is -0.373. The number of rotatable bonds is 5. The van der Waals surface area contributed by atoms with Crippen LogP contribution < -0.4 is 11.1 Å². The van der Waals surface area contributed by atoms with Crippen LogP contribution in [0.25, 0.3) is 0 Å². The molecule has 0 unspecified atom stereocenters. The maximum Gasteiger partial charge on any atom is 0.281 e. The van der Waals surface area contributed by atoms with Crippen molar-refractivity contribution < 1.29 is 9.63 Å². The van der Waals surface area contributed by atoms with E-state index in [0.29, 0.717) is 17.9 Å². The number of carbonyl (C=O) groups is 1. The van der Waals surface area contributed by atoms with E-state index >= 15 is 0 Å². The molecule has 2 heterocycles. The van der Waals surface area contributed by atoms with Gasteiger partial charge in [-0.15, -0.1) is 0 Å². The first-order valence-corrected chi connectivity index (χ1v) is 6.89. The second-order valence-corrected chi connectivity index (χ2v) is 4.43. The number of carbonyl (C=O) groups excluding carboxylic acids is 1. The van der Waals surface area contributed by atoms with Gasteiger partial charge in [0, 0.05) is 31.9 Å². The first kappa shape index (κ1) is 15.3. The van der Waals surface area contributed by atoms with Gasteiger partial charge in [0.05, 0.1) is 5.56 Å². The highest BCUT2D eigenvalue weighted by Crippen LogP contribution is 2.00. The van der Waals surface area contributed by atoms with Crippen LogP contribution in [-0.4, -0.2) is 34.9 Å². The third kappa shape index (κ3) is 5.07. The molecule has 0 bridgehead atoms. The van der Waals surface area contributed by atoms with Crippen LogP contribution >= 0.6 is 0 Å². The van der Waals surface area contributed by atoms with Crippen LogP contribution in [0.5, 0.6) is 0 Å². The quantitative estimate of drug-likeness (QED) is 0.367. The molecule has 2 rings (SSSR count). The molecule has 1 aliphatic heterocycles. The van der Waals surface area contributed by atoms with Gasteiger partial charge in [-0.3, -0.25) is 9.78 Å². The molecule has 0 aliphatic carbocycles. The lowest BCUT2D eigenvalue weighted by atomic mass is 10.3. The van der Waals surface area contributed by atoms with Crippen LogP contribution in [0.1, 0.15) is 30.1 Å². The van der Waals surface area contributed by atoms with E-state index in [-0.39, 0.29) is 5.91 Å². The van der Waals surface area contributed by atoms with E-state index in [1.165, 1.54) is 6.20 Å². The third-order valence-electron chi connectivity index (χ3n) is 2.87. The summed E-state index contributed by atoms with van der Waals surface area (Å²) in [5.74, 6) is -0.0634. The molecule has 1 aromatic heterocycles. The fraction of sp³-hybridized carbons (Fsp3) is 0.357. The molecule has 1 aromatic rings. The van der Waals surface area contributed by atoms with Gasteiger partial charge in [0.2, 0.25) is 5.90 Å². The minimum absolute atomic E-state index is 0.309. The zero-order chi connectivity index (χ0) is 14.9. The summed E-state index contributed by atoms with van der Waals surface area (Å²) in [5, 5.41) is 1.95. The molecule has 21 heavy (non-hydrogen) atoms. The maximum atomic E-state index is 11.9. The third-order valence-corrected chi connectivity index (χ3v) is 2.87. The number of hydrazine groups is 2. The number of nitrogens with one attached hydrogen (secondary N) is 2. The smallest absolute Gasteiger partial charge is 0.281 e. The van der Waals surface area contributed by atoms with Crippen LogP contribution in [0.15, 0.2) is 41.7 Å². The zero-order valence-corrected chi connectivity index (χ0v) is 12.0. The van der Waals surface area contributed by atoms with E-state index in [1.54, 1.807) is 18.3 Å². The summed E-state index contributed by atoms with van der Waals surface area (Å²) >= 11 is 0. The Kier molecular flexibility index (Phi) is 6.01. The van der Waals surface area contributed by atoms with Gasteiger partial charge in [0.1, 0.15) is 0 Å². The molecule has 2 N–H and O–H groups in total. The molecule has 0 atom stereocenters. The molecule has 1 aliphatic rings. The van der Waals surface area contributed by atoms with Crippen molar-refractivity contribution in [2.75, 3.05) is 13.1 Å². The predicted octanol–water partition coefficient (Wildman–Crippen LogP) is 1.23. The van der Waals surface area contributed by atoms with Crippen LogP contribution in [0.2, 0.25) is 0 Å². The molecule has 112 valence electrons. The number of amides is 1. The largest absolute Gasteiger partial charge is 0.377 e. The molecule has 0 aromatic carbocycles. The summed E-state index contributed by atoms with van der Waals surface area (Å²) in [7, 11) is 0. The fourth-order valence-electron chi connectivity index (χ4n) is 1.73. The molecular formula is C14H19N5O2. The van der Waals surface area contributed by atoms with E-state index in [2.05, 4.69) is 33.3 Å². The number of nitrogens with zero attached hydrogens (tertiary/aromatic N) is 3. The zero-order valence-electron chi connectivity index (χ0n) is 12.0.